The van der Waals surface area contributed by atoms with E-state index in [4.69, 9.17) is 18.6 Å². The monoisotopic (exact) mass is 434 g/mol. The molecule has 1 fully saturated rings. The molecular weight excluding hydrogens is 400 g/mol. The minimum atomic E-state index is -2.04. The molecule has 1 aliphatic carbocycles. The second-order valence-electron chi connectivity index (χ2n) is 9.81. The molecule has 7 nitrogen and oxygen atoms in total. The Balaban J connectivity index is 1.98. The van der Waals surface area contributed by atoms with Crippen LogP contribution in [-0.2, 0) is 18.6 Å². The zero-order valence-electron chi connectivity index (χ0n) is 19.2. The summed E-state index contributed by atoms with van der Waals surface area (Å²) in [6, 6.07) is 4.99. The normalized spacial score (nSPS) is 28.1. The van der Waals surface area contributed by atoms with E-state index < -0.39 is 32.3 Å². The third-order valence-corrected chi connectivity index (χ3v) is 10.6. The minimum Gasteiger partial charge on any atom is -0.452 e. The average molecular weight is 435 g/mol. The van der Waals surface area contributed by atoms with Gasteiger partial charge < -0.3 is 18.6 Å². The van der Waals surface area contributed by atoms with Crippen LogP contribution in [0.25, 0.3) is 0 Å². The largest absolute Gasteiger partial charge is 0.452 e. The van der Waals surface area contributed by atoms with Gasteiger partial charge in [-0.3, -0.25) is 4.90 Å². The number of pyridine rings is 1. The van der Waals surface area contributed by atoms with Crippen molar-refractivity contribution < 1.29 is 23.4 Å². The van der Waals surface area contributed by atoms with E-state index in [9.17, 15) is 4.79 Å². The van der Waals surface area contributed by atoms with Gasteiger partial charge in [0.15, 0.2) is 14.1 Å². The van der Waals surface area contributed by atoms with Gasteiger partial charge in [-0.2, -0.15) is 0 Å². The van der Waals surface area contributed by atoms with Crippen LogP contribution in [0.4, 0.5) is 10.6 Å². The first-order valence-corrected chi connectivity index (χ1v) is 13.3. The lowest BCUT2D eigenvalue weighted by atomic mass is 9.93. The summed E-state index contributed by atoms with van der Waals surface area (Å²) in [6.07, 6.45) is 4.08. The van der Waals surface area contributed by atoms with Crippen molar-refractivity contribution in [1.29, 1.82) is 0 Å². The number of nitrogens with zero attached hydrogens (tertiary/aromatic N) is 2. The molecule has 1 aliphatic heterocycles. The number of hydrogen-bond donors (Lipinski definition) is 0. The van der Waals surface area contributed by atoms with Crippen LogP contribution in [-0.4, -0.2) is 56.6 Å². The van der Waals surface area contributed by atoms with Gasteiger partial charge in [-0.1, -0.05) is 39.0 Å². The first-order valence-electron chi connectivity index (χ1n) is 10.4. The average Bonchev–Trinajstić information content (AvgIpc) is 2.99. The summed E-state index contributed by atoms with van der Waals surface area (Å²) in [4.78, 5) is 18.6. The minimum absolute atomic E-state index is 0.0637. The van der Waals surface area contributed by atoms with E-state index in [1.807, 2.05) is 32.1 Å². The zero-order chi connectivity index (χ0) is 22.3. The Labute approximate surface area is 180 Å². The molecule has 30 heavy (non-hydrogen) atoms. The van der Waals surface area contributed by atoms with Gasteiger partial charge in [-0.25, -0.2) is 9.78 Å². The van der Waals surface area contributed by atoms with Crippen molar-refractivity contribution in [3.8, 4) is 0 Å². The number of carbonyl (C=O) groups is 1. The number of methoxy groups -OCH3 is 1. The van der Waals surface area contributed by atoms with E-state index in [1.165, 1.54) is 12.0 Å². The van der Waals surface area contributed by atoms with Crippen molar-refractivity contribution in [1.82, 2.24) is 4.98 Å². The third-order valence-electron chi connectivity index (χ3n) is 6.12. The first-order chi connectivity index (χ1) is 13.9. The van der Waals surface area contributed by atoms with E-state index in [1.54, 1.807) is 18.3 Å². The molecule has 4 atom stereocenters. The van der Waals surface area contributed by atoms with Gasteiger partial charge in [-0.05, 0) is 44.1 Å². The lowest BCUT2D eigenvalue weighted by molar-refractivity contribution is -0.151. The van der Waals surface area contributed by atoms with Crippen LogP contribution in [0.1, 0.15) is 34.6 Å². The molecule has 3 rings (SSSR count). The molecule has 0 bridgehead atoms. The number of anilines is 1. The fourth-order valence-electron chi connectivity index (χ4n) is 3.60. The maximum absolute atomic E-state index is 12.7. The molecular formula is C22H34N2O5Si. The fraction of sp³-hybridized carbons (Fsp3) is 0.636. The highest BCUT2D eigenvalue weighted by molar-refractivity contribution is 6.74. The number of rotatable bonds is 4. The highest BCUT2D eigenvalue weighted by Crippen LogP contribution is 2.42. The fourth-order valence-corrected chi connectivity index (χ4v) is 4.84. The maximum Gasteiger partial charge on any atom is 0.415 e. The van der Waals surface area contributed by atoms with Gasteiger partial charge in [0.2, 0.25) is 0 Å². The van der Waals surface area contributed by atoms with Crippen molar-refractivity contribution in [2.24, 2.45) is 0 Å². The smallest absolute Gasteiger partial charge is 0.415 e. The Morgan fingerprint density at radius 2 is 1.83 bits per heavy atom. The molecule has 0 N–H and O–H groups in total. The summed E-state index contributed by atoms with van der Waals surface area (Å²) >= 11 is 0. The molecule has 0 aromatic carbocycles. The van der Waals surface area contributed by atoms with E-state index in [2.05, 4.69) is 38.8 Å². The number of carbonyl (C=O) groups excluding carboxylic acids is 1. The quantitative estimate of drug-likeness (QED) is 0.513. The third kappa shape index (κ3) is 4.46. The first kappa shape index (κ1) is 22.9. The summed E-state index contributed by atoms with van der Waals surface area (Å²) in [5.74, 6) is -0.296. The standard InChI is InChI=1S/C22H34N2O5Si/c1-21(2,3)30(7,8)29-16-13-12-15(18-19(16)28-22(4,5)27-18)24(20(25)26-6)17-11-9-10-14-23-17/h9-16,18-19H,1-8H3/t15-,16+,18+,19-/m0/s1. The van der Waals surface area contributed by atoms with Crippen LogP contribution in [0, 0.1) is 0 Å². The van der Waals surface area contributed by atoms with Crippen molar-refractivity contribution >= 4 is 20.2 Å². The molecule has 0 saturated carbocycles. The topological polar surface area (TPSA) is 70.1 Å². The lowest BCUT2D eigenvalue weighted by Gasteiger charge is -2.43. The van der Waals surface area contributed by atoms with Gasteiger partial charge in [0.1, 0.15) is 18.0 Å². The molecule has 1 aromatic rings. The number of aromatic nitrogens is 1. The molecule has 0 unspecified atom stereocenters. The molecule has 0 spiro atoms. The Morgan fingerprint density at radius 1 is 1.17 bits per heavy atom. The summed E-state index contributed by atoms with van der Waals surface area (Å²) in [5.41, 5.74) is 0. The van der Waals surface area contributed by atoms with E-state index in [0.717, 1.165) is 0 Å². The van der Waals surface area contributed by atoms with Crippen molar-refractivity contribution in [3.05, 3.63) is 36.5 Å². The molecule has 166 valence electrons. The Hall–Kier alpha value is -1.74. The van der Waals surface area contributed by atoms with Crippen molar-refractivity contribution in [3.63, 3.8) is 0 Å². The van der Waals surface area contributed by atoms with Crippen molar-refractivity contribution in [2.45, 2.75) is 82.9 Å². The van der Waals surface area contributed by atoms with Crippen LogP contribution in [0.3, 0.4) is 0 Å². The van der Waals surface area contributed by atoms with Crippen LogP contribution in [0.2, 0.25) is 18.1 Å². The molecule has 0 radical (unpaired) electrons. The maximum atomic E-state index is 12.7. The summed E-state index contributed by atoms with van der Waals surface area (Å²) in [5, 5.41) is 0.0637. The lowest BCUT2D eigenvalue weighted by Crippen LogP contribution is -2.57. The molecule has 1 saturated heterocycles. The van der Waals surface area contributed by atoms with Crippen LogP contribution in [0.15, 0.2) is 36.5 Å². The number of fused-ring (bicyclic) bond motifs is 1. The van der Waals surface area contributed by atoms with Gasteiger partial charge in [0.25, 0.3) is 0 Å². The number of amides is 1. The van der Waals surface area contributed by atoms with E-state index in [0.29, 0.717) is 5.82 Å². The summed E-state index contributed by atoms with van der Waals surface area (Å²) in [6.45, 7) is 14.8. The van der Waals surface area contributed by atoms with Crippen LogP contribution in [0.5, 0.6) is 0 Å². The van der Waals surface area contributed by atoms with Gasteiger partial charge in [0.05, 0.1) is 19.3 Å². The van der Waals surface area contributed by atoms with E-state index >= 15 is 0 Å². The predicted molar refractivity (Wildman–Crippen MR) is 118 cm³/mol. The number of ether oxygens (including phenoxy) is 3. The van der Waals surface area contributed by atoms with Gasteiger partial charge >= 0.3 is 6.09 Å². The second kappa shape index (κ2) is 8.07. The summed E-state index contributed by atoms with van der Waals surface area (Å²) in [7, 11) is -0.682. The van der Waals surface area contributed by atoms with Crippen molar-refractivity contribution in [2.75, 3.05) is 12.0 Å². The van der Waals surface area contributed by atoms with Crippen LogP contribution >= 0.6 is 0 Å². The Bertz CT molecular complexity index is 790. The van der Waals surface area contributed by atoms with Gasteiger partial charge in [-0.15, -0.1) is 0 Å². The van der Waals surface area contributed by atoms with Crippen LogP contribution < -0.4 is 4.90 Å². The SMILES string of the molecule is COC(=O)N(c1ccccn1)[C@H]1C=C[C@@H](O[Si](C)(C)C(C)(C)C)[C@@H]2OC(C)(C)O[C@@H]21. The highest BCUT2D eigenvalue weighted by Gasteiger charge is 2.54. The predicted octanol–water partition coefficient (Wildman–Crippen LogP) is 4.50. The molecule has 8 heteroatoms. The Morgan fingerprint density at radius 3 is 2.40 bits per heavy atom. The van der Waals surface area contributed by atoms with E-state index in [-0.39, 0.29) is 17.2 Å². The number of hydrogen-bond acceptors (Lipinski definition) is 6. The van der Waals surface area contributed by atoms with Gasteiger partial charge in [0, 0.05) is 6.20 Å². The summed E-state index contributed by atoms with van der Waals surface area (Å²) < 4.78 is 24.3. The highest BCUT2D eigenvalue weighted by atomic mass is 28.4. The second-order valence-corrected chi connectivity index (χ2v) is 14.6. The molecule has 1 amide bonds. The Kier molecular flexibility index (Phi) is 6.17. The zero-order valence-corrected chi connectivity index (χ0v) is 20.2. The molecule has 1 aromatic heterocycles. The molecule has 2 heterocycles. The molecule has 2 aliphatic rings.